The van der Waals surface area contributed by atoms with E-state index < -0.39 is 0 Å². The Morgan fingerprint density at radius 1 is 0.882 bits per heavy atom. The maximum Gasteiger partial charge on any atom is 0.159 e. The summed E-state index contributed by atoms with van der Waals surface area (Å²) in [5.74, 6) is 0.380. The molecule has 0 aliphatic carbocycles. The van der Waals surface area contributed by atoms with Crippen LogP contribution in [0, 0.1) is 5.82 Å². The molecule has 4 heterocycles. The van der Waals surface area contributed by atoms with Gasteiger partial charge >= 0.3 is 0 Å². The highest BCUT2D eigenvalue weighted by Crippen LogP contribution is 2.32. The van der Waals surface area contributed by atoms with E-state index in [2.05, 4.69) is 31.2 Å². The van der Waals surface area contributed by atoms with Crippen LogP contribution in [0.15, 0.2) is 73.2 Å². The van der Waals surface area contributed by atoms with Gasteiger partial charge in [-0.2, -0.15) is 5.10 Å². The normalized spacial score (nSPS) is 11.4. The van der Waals surface area contributed by atoms with Crippen molar-refractivity contribution in [2.45, 2.75) is 0 Å². The first-order valence-corrected chi connectivity index (χ1v) is 10.8. The predicted octanol–water partition coefficient (Wildman–Crippen LogP) is 5.44. The molecular weight excluding hydrogens is 429 g/mol. The summed E-state index contributed by atoms with van der Waals surface area (Å²) >= 11 is 0. The van der Waals surface area contributed by atoms with Crippen molar-refractivity contribution < 1.29 is 4.39 Å². The molecule has 34 heavy (non-hydrogen) atoms. The fourth-order valence-corrected chi connectivity index (χ4v) is 4.07. The number of halogens is 1. The Morgan fingerprint density at radius 2 is 1.74 bits per heavy atom. The average molecular weight is 449 g/mol. The number of anilines is 1. The van der Waals surface area contributed by atoms with Gasteiger partial charge in [-0.3, -0.25) is 15.1 Å². The zero-order chi connectivity index (χ0) is 23.2. The van der Waals surface area contributed by atoms with E-state index in [1.807, 2.05) is 49.5 Å². The first-order chi connectivity index (χ1) is 16.6. The number of fused-ring (bicyclic) bond motifs is 2. The molecule has 6 rings (SSSR count). The molecule has 8 heteroatoms. The minimum absolute atomic E-state index is 0.266. The number of nitrogens with zero attached hydrogens (tertiary/aromatic N) is 5. The Bertz CT molecular complexity index is 1650. The molecular formula is C26H20FN7. The zero-order valence-corrected chi connectivity index (χ0v) is 18.5. The minimum Gasteiger partial charge on any atom is -0.376 e. The Kier molecular flexibility index (Phi) is 4.58. The highest BCUT2D eigenvalue weighted by molar-refractivity contribution is 5.97. The molecule has 0 saturated heterocycles. The average Bonchev–Trinajstić information content (AvgIpc) is 3.48. The van der Waals surface area contributed by atoms with Gasteiger partial charge in [0.25, 0.3) is 0 Å². The first-order valence-electron chi connectivity index (χ1n) is 10.8. The quantitative estimate of drug-likeness (QED) is 0.375. The number of aromatic nitrogens is 6. The molecule has 166 valence electrons. The van der Waals surface area contributed by atoms with E-state index in [1.54, 1.807) is 24.5 Å². The van der Waals surface area contributed by atoms with Crippen molar-refractivity contribution in [1.29, 1.82) is 0 Å². The van der Waals surface area contributed by atoms with Gasteiger partial charge in [-0.1, -0.05) is 24.3 Å². The third-order valence-electron chi connectivity index (χ3n) is 5.88. The molecule has 6 aromatic rings. The van der Waals surface area contributed by atoms with E-state index in [-0.39, 0.29) is 5.82 Å². The lowest BCUT2D eigenvalue weighted by molar-refractivity contribution is 0.628. The molecule has 2 N–H and O–H groups in total. The van der Waals surface area contributed by atoms with Crippen molar-refractivity contribution in [3.05, 3.63) is 79.0 Å². The van der Waals surface area contributed by atoms with Gasteiger partial charge in [0.15, 0.2) is 5.82 Å². The molecule has 0 atom stereocenters. The minimum atomic E-state index is -0.266. The van der Waals surface area contributed by atoms with E-state index in [4.69, 9.17) is 4.98 Å². The van der Waals surface area contributed by atoms with Crippen LogP contribution in [-0.4, -0.2) is 44.2 Å². The third kappa shape index (κ3) is 3.36. The van der Waals surface area contributed by atoms with Crippen LogP contribution < -0.4 is 4.90 Å². The number of hydrogen-bond acceptors (Lipinski definition) is 5. The molecule has 0 aliphatic heterocycles. The molecule has 0 aliphatic rings. The van der Waals surface area contributed by atoms with Crippen LogP contribution in [0.3, 0.4) is 0 Å². The molecule has 0 bridgehead atoms. The van der Waals surface area contributed by atoms with Gasteiger partial charge in [0.2, 0.25) is 0 Å². The monoisotopic (exact) mass is 449 g/mol. The Balaban J connectivity index is 1.47. The van der Waals surface area contributed by atoms with Crippen molar-refractivity contribution in [3.63, 3.8) is 0 Å². The first kappa shape index (κ1) is 20.0. The van der Waals surface area contributed by atoms with Crippen LogP contribution in [0.25, 0.3) is 55.8 Å². The summed E-state index contributed by atoms with van der Waals surface area (Å²) in [7, 11) is 3.96. The van der Waals surface area contributed by atoms with E-state index in [0.717, 1.165) is 50.0 Å². The van der Waals surface area contributed by atoms with Crippen molar-refractivity contribution >= 4 is 27.6 Å². The van der Waals surface area contributed by atoms with Gasteiger partial charge in [-0.05, 0) is 35.9 Å². The lowest BCUT2D eigenvalue weighted by Crippen LogP contribution is -2.08. The van der Waals surface area contributed by atoms with Crippen LogP contribution in [0.4, 0.5) is 10.1 Å². The second-order valence-corrected chi connectivity index (χ2v) is 8.31. The second-order valence-electron chi connectivity index (χ2n) is 8.31. The summed E-state index contributed by atoms with van der Waals surface area (Å²) in [6.07, 6.45) is 5.39. The fraction of sp³-hybridized carbons (Fsp3) is 0.0769. The largest absolute Gasteiger partial charge is 0.376 e. The maximum atomic E-state index is 13.4. The van der Waals surface area contributed by atoms with E-state index in [0.29, 0.717) is 11.5 Å². The number of benzene rings is 2. The number of rotatable bonds is 4. The zero-order valence-electron chi connectivity index (χ0n) is 18.5. The van der Waals surface area contributed by atoms with Gasteiger partial charge in [-0.15, -0.1) is 0 Å². The number of pyridine rings is 2. The third-order valence-corrected chi connectivity index (χ3v) is 5.88. The molecule has 0 amide bonds. The van der Waals surface area contributed by atoms with Gasteiger partial charge in [0.05, 0.1) is 40.3 Å². The maximum absolute atomic E-state index is 13.4. The van der Waals surface area contributed by atoms with Crippen molar-refractivity contribution in [2.24, 2.45) is 0 Å². The number of para-hydroxylation sites is 1. The van der Waals surface area contributed by atoms with Crippen LogP contribution >= 0.6 is 0 Å². The van der Waals surface area contributed by atoms with Crippen molar-refractivity contribution in [1.82, 2.24) is 30.1 Å². The Hall–Kier alpha value is -4.59. The van der Waals surface area contributed by atoms with Gasteiger partial charge < -0.3 is 9.88 Å². The van der Waals surface area contributed by atoms with Crippen LogP contribution in [0.5, 0.6) is 0 Å². The fourth-order valence-electron chi connectivity index (χ4n) is 4.07. The standard InChI is InChI=1S/C26H20FN7/c1-34(2)18-10-16(12-28-13-18)22-11-20-23(14-29-22)32-33-25(20)26-30-21-5-3-4-19(24(21)31-26)15-6-8-17(27)9-7-15/h3-14H,1-2H3,(H,30,31)(H,32,33). The summed E-state index contributed by atoms with van der Waals surface area (Å²) in [5.41, 5.74) is 7.75. The van der Waals surface area contributed by atoms with Crippen LogP contribution in [0.2, 0.25) is 0 Å². The van der Waals surface area contributed by atoms with E-state index >= 15 is 0 Å². The second kappa shape index (κ2) is 7.77. The molecule has 4 aromatic heterocycles. The van der Waals surface area contributed by atoms with Crippen LogP contribution in [-0.2, 0) is 0 Å². The van der Waals surface area contributed by atoms with Gasteiger partial charge in [-0.25, -0.2) is 9.37 Å². The number of H-pyrrole nitrogens is 2. The number of imidazole rings is 1. The molecule has 0 saturated carbocycles. The van der Waals surface area contributed by atoms with Gasteiger partial charge in [0.1, 0.15) is 11.5 Å². The highest BCUT2D eigenvalue weighted by atomic mass is 19.1. The predicted molar refractivity (Wildman–Crippen MR) is 132 cm³/mol. The van der Waals surface area contributed by atoms with Crippen molar-refractivity contribution in [3.8, 4) is 33.9 Å². The van der Waals surface area contributed by atoms with Crippen molar-refractivity contribution in [2.75, 3.05) is 19.0 Å². The summed E-state index contributed by atoms with van der Waals surface area (Å²) in [5, 5.41) is 8.48. The smallest absolute Gasteiger partial charge is 0.159 e. The van der Waals surface area contributed by atoms with Crippen LogP contribution in [0.1, 0.15) is 0 Å². The highest BCUT2D eigenvalue weighted by Gasteiger charge is 2.16. The summed E-state index contributed by atoms with van der Waals surface area (Å²) in [6.45, 7) is 0. The van der Waals surface area contributed by atoms with E-state index in [9.17, 15) is 4.39 Å². The molecule has 0 fully saturated rings. The number of hydrogen-bond donors (Lipinski definition) is 2. The molecule has 2 aromatic carbocycles. The van der Waals surface area contributed by atoms with E-state index in [1.165, 1.54) is 12.1 Å². The number of nitrogens with one attached hydrogen (secondary N) is 2. The lowest BCUT2D eigenvalue weighted by atomic mass is 10.0. The molecule has 7 nitrogen and oxygen atoms in total. The Morgan fingerprint density at radius 3 is 2.56 bits per heavy atom. The lowest BCUT2D eigenvalue weighted by Gasteiger charge is -2.12. The molecule has 0 radical (unpaired) electrons. The summed E-state index contributed by atoms with van der Waals surface area (Å²) < 4.78 is 13.4. The molecule has 0 spiro atoms. The SMILES string of the molecule is CN(C)c1cncc(-c2cc3c(-c4nc5c(-c6ccc(F)cc6)cccc5[nH]4)n[nH]c3cn2)c1. The van der Waals surface area contributed by atoms with Gasteiger partial charge in [0, 0.05) is 36.8 Å². The summed E-state index contributed by atoms with van der Waals surface area (Å²) in [4.78, 5) is 19.2. The topological polar surface area (TPSA) is 86.4 Å². The Labute approximate surface area is 194 Å². The summed E-state index contributed by atoms with van der Waals surface area (Å²) in [6, 6.07) is 16.4. The number of aromatic amines is 2. The molecule has 0 unspecified atom stereocenters.